The van der Waals surface area contributed by atoms with E-state index in [9.17, 15) is 14.7 Å². The van der Waals surface area contributed by atoms with E-state index < -0.39 is 5.60 Å². The second kappa shape index (κ2) is 10.3. The van der Waals surface area contributed by atoms with Gasteiger partial charge in [-0.15, -0.1) is 0 Å². The Balaban J connectivity index is 1.22. The number of carbonyl (C=O) groups excluding carboxylic acids is 2. The van der Waals surface area contributed by atoms with E-state index in [-0.39, 0.29) is 16.7 Å². The summed E-state index contributed by atoms with van der Waals surface area (Å²) < 4.78 is 0. The van der Waals surface area contributed by atoms with Gasteiger partial charge in [0.1, 0.15) is 5.78 Å². The normalized spacial score (nSPS) is 41.9. The van der Waals surface area contributed by atoms with Crippen LogP contribution in [0.1, 0.15) is 130 Å². The van der Waals surface area contributed by atoms with E-state index in [1.165, 1.54) is 51.4 Å². The van der Waals surface area contributed by atoms with E-state index >= 15 is 0 Å². The van der Waals surface area contributed by atoms with Crippen LogP contribution in [0.25, 0.3) is 0 Å². The molecule has 0 aromatic carbocycles. The van der Waals surface area contributed by atoms with Crippen molar-refractivity contribution >= 4 is 11.7 Å². The topological polar surface area (TPSA) is 57.6 Å². The molecule has 0 aromatic heterocycles. The van der Waals surface area contributed by atoms with Crippen LogP contribution in [-0.4, -0.2) is 40.4 Å². The molecule has 0 radical (unpaired) electrons. The summed E-state index contributed by atoms with van der Waals surface area (Å²) in [4.78, 5) is 28.0. The monoisotopic (exact) mass is 499 g/mol. The number of Topliss-reactive ketones (excluding diaryl/α,β-unsaturated/α-hetero) is 1. The smallest absolute Gasteiger partial charge is 0.225 e. The van der Waals surface area contributed by atoms with Crippen LogP contribution in [-0.2, 0) is 9.59 Å². The third-order valence-electron chi connectivity index (χ3n) is 12.0. The van der Waals surface area contributed by atoms with Crippen molar-refractivity contribution in [1.29, 1.82) is 0 Å². The highest BCUT2D eigenvalue weighted by Gasteiger charge is 2.61. The van der Waals surface area contributed by atoms with E-state index in [1.807, 2.05) is 0 Å². The molecule has 4 heteroatoms. The predicted octanol–water partition coefficient (Wildman–Crippen LogP) is 6.93. The first-order valence-electron chi connectivity index (χ1n) is 15.7. The van der Waals surface area contributed by atoms with Gasteiger partial charge in [0.2, 0.25) is 5.91 Å². The molecule has 0 aliphatic heterocycles. The van der Waals surface area contributed by atoms with Crippen molar-refractivity contribution in [2.75, 3.05) is 13.1 Å². The molecule has 7 atom stereocenters. The maximum absolute atomic E-state index is 13.2. The van der Waals surface area contributed by atoms with Crippen molar-refractivity contribution < 1.29 is 14.7 Å². The van der Waals surface area contributed by atoms with Gasteiger partial charge in [-0.2, -0.15) is 0 Å². The molecule has 1 N–H and O–H groups in total. The van der Waals surface area contributed by atoms with E-state index in [0.29, 0.717) is 41.9 Å². The molecule has 5 saturated carbocycles. The molecule has 5 rings (SSSR count). The zero-order valence-electron chi connectivity index (χ0n) is 23.5. The van der Waals surface area contributed by atoms with E-state index in [1.54, 1.807) is 0 Å². The predicted molar refractivity (Wildman–Crippen MR) is 144 cm³/mol. The Kier molecular flexibility index (Phi) is 7.67. The van der Waals surface area contributed by atoms with Gasteiger partial charge in [-0.1, -0.05) is 52.9 Å². The molecular weight excluding hydrogens is 446 g/mol. The van der Waals surface area contributed by atoms with Crippen LogP contribution in [0.4, 0.5) is 0 Å². The molecule has 0 heterocycles. The zero-order chi connectivity index (χ0) is 25.6. The average molecular weight is 500 g/mol. The Morgan fingerprint density at radius 3 is 2.42 bits per heavy atom. The fraction of sp³-hybridized carbons (Fsp3) is 0.938. The Hall–Kier alpha value is -0.900. The highest BCUT2D eigenvalue weighted by atomic mass is 16.3. The summed E-state index contributed by atoms with van der Waals surface area (Å²) in [6.45, 7) is 8.42. The lowest BCUT2D eigenvalue weighted by molar-refractivity contribution is -0.161. The Morgan fingerprint density at radius 2 is 1.67 bits per heavy atom. The van der Waals surface area contributed by atoms with Gasteiger partial charge in [-0.3, -0.25) is 9.59 Å². The second-order valence-corrected chi connectivity index (χ2v) is 14.3. The number of hydrogen-bond acceptors (Lipinski definition) is 3. The maximum Gasteiger partial charge on any atom is 0.225 e. The van der Waals surface area contributed by atoms with Gasteiger partial charge in [0.05, 0.1) is 5.60 Å². The Bertz CT molecular complexity index is 822. The maximum atomic E-state index is 13.2. The van der Waals surface area contributed by atoms with Crippen molar-refractivity contribution in [2.45, 2.75) is 136 Å². The number of carbonyl (C=O) groups is 2. The van der Waals surface area contributed by atoms with Gasteiger partial charge in [0.15, 0.2) is 0 Å². The van der Waals surface area contributed by atoms with E-state index in [2.05, 4.69) is 25.7 Å². The number of rotatable bonds is 10. The van der Waals surface area contributed by atoms with Crippen molar-refractivity contribution in [2.24, 2.45) is 40.4 Å². The number of unbranched alkanes of at least 4 members (excludes halogenated alkanes) is 5. The SMILES string of the molecule is CCCCCCCCN(C[C@@]1(O)CC[C@@]2(C)C(CC[C@@H]3[C@@H]2CC[C@]2(C)C(=O)CC[C@@H]32)C1)C(=O)C1CC1. The van der Waals surface area contributed by atoms with E-state index in [0.717, 1.165) is 64.3 Å². The molecule has 1 unspecified atom stereocenters. The highest BCUT2D eigenvalue weighted by Crippen LogP contribution is 2.66. The summed E-state index contributed by atoms with van der Waals surface area (Å²) in [6.07, 6.45) is 18.8. The number of fused-ring (bicyclic) bond motifs is 5. The lowest BCUT2D eigenvalue weighted by Crippen LogP contribution is -2.58. The van der Waals surface area contributed by atoms with Gasteiger partial charge in [0.25, 0.3) is 0 Å². The van der Waals surface area contributed by atoms with Gasteiger partial charge in [-0.05, 0) is 99.7 Å². The van der Waals surface area contributed by atoms with Crippen molar-refractivity contribution in [1.82, 2.24) is 4.90 Å². The largest absolute Gasteiger partial charge is 0.388 e. The molecule has 0 bridgehead atoms. The number of aliphatic hydroxyl groups is 1. The minimum absolute atomic E-state index is 0.0556. The average Bonchev–Trinajstić information content (AvgIpc) is 3.65. The standard InChI is InChI=1S/C32H53NO3/c1-4-5-6-7-8-9-20-33(29(35)23-10-11-23)22-32(36)19-18-30(2)24(21-32)12-13-25-26-14-15-28(34)31(26,3)17-16-27(25)30/h23-27,36H,4-22H2,1-3H3/t24?,25-,26-,27-,30-,31-,32+/m0/s1. The first-order chi connectivity index (χ1) is 17.2. The van der Waals surface area contributed by atoms with Crippen LogP contribution in [0, 0.1) is 40.4 Å². The van der Waals surface area contributed by atoms with Gasteiger partial charge in [0, 0.05) is 30.8 Å². The fourth-order valence-corrected chi connectivity index (χ4v) is 9.53. The first-order valence-corrected chi connectivity index (χ1v) is 15.7. The number of hydrogen-bond donors (Lipinski definition) is 1. The van der Waals surface area contributed by atoms with Crippen LogP contribution in [0.3, 0.4) is 0 Å². The third-order valence-corrected chi connectivity index (χ3v) is 12.0. The molecule has 5 aliphatic carbocycles. The van der Waals surface area contributed by atoms with Crippen LogP contribution >= 0.6 is 0 Å². The molecule has 36 heavy (non-hydrogen) atoms. The number of nitrogens with zero attached hydrogens (tertiary/aromatic N) is 1. The molecule has 0 aromatic rings. The molecule has 1 amide bonds. The summed E-state index contributed by atoms with van der Waals surface area (Å²) >= 11 is 0. The number of ketones is 1. The van der Waals surface area contributed by atoms with Crippen molar-refractivity contribution in [3.05, 3.63) is 0 Å². The van der Waals surface area contributed by atoms with Gasteiger partial charge in [-0.25, -0.2) is 0 Å². The minimum atomic E-state index is -0.726. The quantitative estimate of drug-likeness (QED) is 0.332. The number of amides is 1. The van der Waals surface area contributed by atoms with Crippen LogP contribution in [0.2, 0.25) is 0 Å². The summed E-state index contributed by atoms with van der Waals surface area (Å²) in [7, 11) is 0. The lowest BCUT2D eigenvalue weighted by Gasteiger charge is -2.61. The van der Waals surface area contributed by atoms with Gasteiger partial charge < -0.3 is 10.0 Å². The fourth-order valence-electron chi connectivity index (χ4n) is 9.53. The summed E-state index contributed by atoms with van der Waals surface area (Å²) in [5.41, 5.74) is -0.497. The summed E-state index contributed by atoms with van der Waals surface area (Å²) in [5, 5.41) is 11.9. The molecule has 204 valence electrons. The Morgan fingerprint density at radius 1 is 0.917 bits per heavy atom. The zero-order valence-corrected chi connectivity index (χ0v) is 23.5. The lowest BCUT2D eigenvalue weighted by atomic mass is 9.44. The molecular formula is C32H53NO3. The highest BCUT2D eigenvalue weighted by molar-refractivity contribution is 5.87. The third kappa shape index (κ3) is 4.94. The first kappa shape index (κ1) is 26.7. The van der Waals surface area contributed by atoms with Crippen LogP contribution in [0.15, 0.2) is 0 Å². The summed E-state index contributed by atoms with van der Waals surface area (Å²) in [6, 6.07) is 0. The Labute approximate surface area is 220 Å². The molecule has 5 fully saturated rings. The summed E-state index contributed by atoms with van der Waals surface area (Å²) in [5.74, 6) is 3.61. The molecule has 0 saturated heterocycles. The van der Waals surface area contributed by atoms with Crippen LogP contribution < -0.4 is 0 Å². The molecule has 5 aliphatic rings. The van der Waals surface area contributed by atoms with Gasteiger partial charge >= 0.3 is 0 Å². The van der Waals surface area contributed by atoms with Crippen molar-refractivity contribution in [3.8, 4) is 0 Å². The van der Waals surface area contributed by atoms with Crippen LogP contribution in [0.5, 0.6) is 0 Å². The molecule has 0 spiro atoms. The molecule has 4 nitrogen and oxygen atoms in total. The van der Waals surface area contributed by atoms with Crippen molar-refractivity contribution in [3.63, 3.8) is 0 Å². The van der Waals surface area contributed by atoms with E-state index in [4.69, 9.17) is 0 Å². The second-order valence-electron chi connectivity index (χ2n) is 14.3. The minimum Gasteiger partial charge on any atom is -0.388 e.